The third-order valence-electron chi connectivity index (χ3n) is 4.28. The number of rotatable bonds is 8. The van der Waals surface area contributed by atoms with Gasteiger partial charge in [-0.15, -0.1) is 0 Å². The smallest absolute Gasteiger partial charge is 0.320 e. The molecule has 1 aliphatic rings. The monoisotopic (exact) mass is 385 g/mol. The molecule has 8 heteroatoms. The predicted octanol–water partition coefficient (Wildman–Crippen LogP) is 0.702. The quantitative estimate of drug-likeness (QED) is 0.611. The summed E-state index contributed by atoms with van der Waals surface area (Å²) in [7, 11) is 0. The van der Waals surface area contributed by atoms with Crippen molar-refractivity contribution in [2.45, 2.75) is 46.1 Å². The van der Waals surface area contributed by atoms with Gasteiger partial charge >= 0.3 is 11.9 Å². The van der Waals surface area contributed by atoms with E-state index in [9.17, 15) is 14.4 Å². The number of carbonyl (C=O) groups excluding carboxylic acids is 2. The van der Waals surface area contributed by atoms with E-state index in [1.165, 1.54) is 0 Å². The number of aliphatic carboxylic acids is 1. The average Bonchev–Trinajstić information content (AvgIpc) is 2.58. The Balaban J connectivity index is 2.68. The Kier molecular flexibility index (Phi) is 9.90. The van der Waals surface area contributed by atoms with Crippen LogP contribution in [0.5, 0.6) is 0 Å². The van der Waals surface area contributed by atoms with Crippen molar-refractivity contribution >= 4 is 17.7 Å². The molecule has 1 heterocycles. The van der Waals surface area contributed by atoms with Crippen LogP contribution in [0.15, 0.2) is 0 Å². The Morgan fingerprint density at radius 3 is 1.81 bits per heavy atom. The number of Topliss-reactive ketones (excluding diaryl/α,β-unsaturated/α-hetero) is 1. The Labute approximate surface area is 162 Å². The topological polar surface area (TPSA) is 90.4 Å². The van der Waals surface area contributed by atoms with Gasteiger partial charge in [0.2, 0.25) is 0 Å². The normalized spacial score (nSPS) is 18.4. The lowest BCUT2D eigenvalue weighted by Gasteiger charge is -2.26. The number of carbonyl (C=O) groups is 3. The van der Waals surface area contributed by atoms with E-state index in [2.05, 4.69) is 14.7 Å². The lowest BCUT2D eigenvalue weighted by Crippen LogP contribution is -2.41. The summed E-state index contributed by atoms with van der Waals surface area (Å²) in [6.45, 7) is 12.8. The average molecular weight is 386 g/mol. The molecule has 0 spiro atoms. The Hall–Kier alpha value is -1.51. The van der Waals surface area contributed by atoms with Gasteiger partial charge in [-0.25, -0.2) is 0 Å². The number of ketones is 1. The van der Waals surface area contributed by atoms with Crippen molar-refractivity contribution in [3.05, 3.63) is 0 Å². The lowest BCUT2D eigenvalue weighted by atomic mass is 10.2. The van der Waals surface area contributed by atoms with Gasteiger partial charge in [0.1, 0.15) is 11.4 Å². The molecule has 1 saturated heterocycles. The van der Waals surface area contributed by atoms with E-state index < -0.39 is 11.6 Å². The number of hydrogen-bond acceptors (Lipinski definition) is 7. The lowest BCUT2D eigenvalue weighted by molar-refractivity contribution is -0.156. The van der Waals surface area contributed by atoms with Gasteiger partial charge in [0.25, 0.3) is 0 Å². The highest BCUT2D eigenvalue weighted by Crippen LogP contribution is 2.08. The summed E-state index contributed by atoms with van der Waals surface area (Å²) in [5, 5.41) is 8.84. The molecular weight excluding hydrogens is 350 g/mol. The number of ether oxygens (including phenoxy) is 1. The summed E-state index contributed by atoms with van der Waals surface area (Å²) in [5.74, 6) is -0.924. The molecule has 0 aromatic heterocycles. The maximum Gasteiger partial charge on any atom is 0.320 e. The number of carboxylic acids is 1. The van der Waals surface area contributed by atoms with Gasteiger partial charge in [-0.3, -0.25) is 24.2 Å². The van der Waals surface area contributed by atoms with Crippen LogP contribution in [-0.4, -0.2) is 102 Å². The molecule has 27 heavy (non-hydrogen) atoms. The predicted molar refractivity (Wildman–Crippen MR) is 103 cm³/mol. The molecule has 0 aliphatic carbocycles. The first kappa shape index (κ1) is 23.5. The van der Waals surface area contributed by atoms with Crippen LogP contribution >= 0.6 is 0 Å². The molecule has 0 unspecified atom stereocenters. The van der Waals surface area contributed by atoms with Crippen LogP contribution in [0, 0.1) is 0 Å². The summed E-state index contributed by atoms with van der Waals surface area (Å²) in [6, 6.07) is 0. The molecular formula is C19H35N3O5. The van der Waals surface area contributed by atoms with Crippen molar-refractivity contribution in [1.29, 1.82) is 0 Å². The molecule has 0 saturated carbocycles. The maximum absolute atomic E-state index is 12.2. The fraction of sp³-hybridized carbons (Fsp3) is 0.842. The van der Waals surface area contributed by atoms with E-state index in [4.69, 9.17) is 9.84 Å². The van der Waals surface area contributed by atoms with E-state index in [1.54, 1.807) is 6.92 Å². The van der Waals surface area contributed by atoms with Crippen molar-refractivity contribution in [2.24, 2.45) is 0 Å². The summed E-state index contributed by atoms with van der Waals surface area (Å²) < 4.78 is 5.43. The number of carboxylic acid groups (broad SMARTS) is 1. The fourth-order valence-electron chi connectivity index (χ4n) is 3.05. The standard InChI is InChI=1S/C19H35N3O5/c1-16(23)14-21-10-8-20(7-5-6-17(24)25)9-11-22(13-12-21)15-18(26)27-19(2,3)4/h5-15H2,1-4H3,(H,24,25). The van der Waals surface area contributed by atoms with Gasteiger partial charge in [0.15, 0.2) is 0 Å². The van der Waals surface area contributed by atoms with E-state index in [1.807, 2.05) is 20.8 Å². The SMILES string of the molecule is CC(=O)CN1CCN(CCCC(=O)O)CCN(CC(=O)OC(C)(C)C)CC1. The molecule has 1 fully saturated rings. The highest BCUT2D eigenvalue weighted by atomic mass is 16.6. The molecule has 0 bridgehead atoms. The zero-order chi connectivity index (χ0) is 20.4. The van der Waals surface area contributed by atoms with Crippen molar-refractivity contribution in [3.63, 3.8) is 0 Å². The van der Waals surface area contributed by atoms with Crippen molar-refractivity contribution in [1.82, 2.24) is 14.7 Å². The van der Waals surface area contributed by atoms with Crippen LogP contribution < -0.4 is 0 Å². The second kappa shape index (κ2) is 11.4. The zero-order valence-corrected chi connectivity index (χ0v) is 17.2. The molecule has 8 nitrogen and oxygen atoms in total. The summed E-state index contributed by atoms with van der Waals surface area (Å²) in [4.78, 5) is 40.8. The minimum absolute atomic E-state index is 0.116. The van der Waals surface area contributed by atoms with E-state index in [-0.39, 0.29) is 24.7 Å². The second-order valence-electron chi connectivity index (χ2n) is 8.18. The summed E-state index contributed by atoms with van der Waals surface area (Å²) >= 11 is 0. The van der Waals surface area contributed by atoms with Crippen LogP contribution in [-0.2, 0) is 19.1 Å². The van der Waals surface area contributed by atoms with Gasteiger partial charge < -0.3 is 14.7 Å². The molecule has 0 aromatic carbocycles. The van der Waals surface area contributed by atoms with E-state index in [0.29, 0.717) is 39.1 Å². The van der Waals surface area contributed by atoms with Crippen molar-refractivity contribution in [3.8, 4) is 0 Å². The Bertz CT molecular complexity index is 504. The van der Waals surface area contributed by atoms with E-state index in [0.717, 1.165) is 19.6 Å². The second-order valence-corrected chi connectivity index (χ2v) is 8.18. The maximum atomic E-state index is 12.2. The first-order valence-corrected chi connectivity index (χ1v) is 9.65. The van der Waals surface area contributed by atoms with Crippen molar-refractivity contribution < 1.29 is 24.2 Å². The number of hydrogen-bond donors (Lipinski definition) is 1. The van der Waals surface area contributed by atoms with Gasteiger partial charge in [-0.1, -0.05) is 0 Å². The molecule has 0 amide bonds. The number of nitrogens with zero attached hydrogens (tertiary/aromatic N) is 3. The minimum atomic E-state index is -0.788. The van der Waals surface area contributed by atoms with Gasteiger partial charge in [-0.2, -0.15) is 0 Å². The highest BCUT2D eigenvalue weighted by molar-refractivity contribution is 5.77. The molecule has 0 aromatic rings. The largest absolute Gasteiger partial charge is 0.481 e. The molecule has 0 atom stereocenters. The number of esters is 1. The minimum Gasteiger partial charge on any atom is -0.481 e. The van der Waals surface area contributed by atoms with Gasteiger partial charge in [0, 0.05) is 45.7 Å². The molecule has 1 N–H and O–H groups in total. The van der Waals surface area contributed by atoms with Crippen LogP contribution in [0.1, 0.15) is 40.5 Å². The van der Waals surface area contributed by atoms with Gasteiger partial charge in [-0.05, 0) is 40.7 Å². The summed E-state index contributed by atoms with van der Waals surface area (Å²) in [5.41, 5.74) is -0.514. The highest BCUT2D eigenvalue weighted by Gasteiger charge is 2.22. The Morgan fingerprint density at radius 1 is 0.889 bits per heavy atom. The van der Waals surface area contributed by atoms with Gasteiger partial charge in [0.05, 0.1) is 13.1 Å². The Morgan fingerprint density at radius 2 is 1.37 bits per heavy atom. The molecule has 1 rings (SSSR count). The zero-order valence-electron chi connectivity index (χ0n) is 17.2. The molecule has 0 radical (unpaired) electrons. The van der Waals surface area contributed by atoms with E-state index >= 15 is 0 Å². The van der Waals surface area contributed by atoms with Crippen molar-refractivity contribution in [2.75, 3.05) is 58.9 Å². The first-order valence-electron chi connectivity index (χ1n) is 9.65. The molecule has 1 aliphatic heterocycles. The first-order chi connectivity index (χ1) is 12.5. The summed E-state index contributed by atoms with van der Waals surface area (Å²) in [6.07, 6.45) is 0.739. The third-order valence-corrected chi connectivity index (χ3v) is 4.28. The molecule has 156 valence electrons. The van der Waals surface area contributed by atoms with Crippen LogP contribution in [0.3, 0.4) is 0 Å². The van der Waals surface area contributed by atoms with Crippen LogP contribution in [0.4, 0.5) is 0 Å². The van der Waals surface area contributed by atoms with Crippen LogP contribution in [0.25, 0.3) is 0 Å². The van der Waals surface area contributed by atoms with Crippen LogP contribution in [0.2, 0.25) is 0 Å². The fourth-order valence-corrected chi connectivity index (χ4v) is 3.05. The third kappa shape index (κ3) is 11.7.